The van der Waals surface area contributed by atoms with Crippen LogP contribution in [0.25, 0.3) is 5.53 Å². The topological polar surface area (TPSA) is 118 Å². The van der Waals surface area contributed by atoms with E-state index in [1.165, 1.54) is 7.11 Å². The fraction of sp³-hybridized carbons (Fsp3) is 0.636. The zero-order valence-corrected chi connectivity index (χ0v) is 11.3. The van der Waals surface area contributed by atoms with Crippen molar-refractivity contribution in [2.45, 2.75) is 26.3 Å². The second kappa shape index (κ2) is 7.99. The quantitative estimate of drug-likeness (QED) is 0.230. The molecule has 0 saturated heterocycles. The average molecular weight is 271 g/mol. The smallest absolute Gasteiger partial charge is 0.462 e. The van der Waals surface area contributed by atoms with Gasteiger partial charge in [-0.05, 0) is 5.92 Å². The summed E-state index contributed by atoms with van der Waals surface area (Å²) < 4.78 is 8.84. The van der Waals surface area contributed by atoms with E-state index >= 15 is 0 Å². The summed E-state index contributed by atoms with van der Waals surface area (Å²) in [6, 6.07) is -0.941. The van der Waals surface area contributed by atoms with Crippen LogP contribution in [-0.2, 0) is 23.9 Å². The molecule has 0 bridgehead atoms. The highest BCUT2D eigenvalue weighted by molar-refractivity contribution is 6.61. The Labute approximate surface area is 110 Å². The minimum absolute atomic E-state index is 0.214. The zero-order chi connectivity index (χ0) is 15.0. The lowest BCUT2D eigenvalue weighted by molar-refractivity contribution is -0.147. The van der Waals surface area contributed by atoms with Gasteiger partial charge in [-0.3, -0.25) is 4.79 Å². The zero-order valence-electron chi connectivity index (χ0n) is 11.3. The number of nitrogens with one attached hydrogen (secondary N) is 1. The lowest BCUT2D eigenvalue weighted by Crippen LogP contribution is -2.49. The maximum absolute atomic E-state index is 11.7. The van der Waals surface area contributed by atoms with E-state index in [1.54, 1.807) is 6.92 Å². The van der Waals surface area contributed by atoms with Crippen molar-refractivity contribution in [2.75, 3.05) is 14.2 Å². The van der Waals surface area contributed by atoms with Gasteiger partial charge in [0.05, 0.1) is 14.2 Å². The molecule has 0 aromatic heterocycles. The van der Waals surface area contributed by atoms with Crippen LogP contribution in [0, 0.1) is 5.92 Å². The molecule has 0 aliphatic heterocycles. The number of amides is 1. The Morgan fingerprint density at radius 3 is 2.21 bits per heavy atom. The van der Waals surface area contributed by atoms with Gasteiger partial charge in [-0.1, -0.05) is 20.3 Å². The van der Waals surface area contributed by atoms with Gasteiger partial charge in [0.1, 0.15) is 6.04 Å². The molecular weight excluding hydrogens is 254 g/mol. The van der Waals surface area contributed by atoms with Gasteiger partial charge in [0.2, 0.25) is 0 Å². The number of carbonyl (C=O) groups excluding carboxylic acids is 3. The molecule has 8 heteroatoms. The van der Waals surface area contributed by atoms with Gasteiger partial charge in [-0.25, -0.2) is 9.59 Å². The van der Waals surface area contributed by atoms with Crippen molar-refractivity contribution in [1.82, 2.24) is 5.32 Å². The SMILES string of the molecule is CCC(C)[C@H](NC(=O)C(=[N+]=[N-])C(=O)OC)C(=O)OC. The molecule has 1 N–H and O–H groups in total. The van der Waals surface area contributed by atoms with Gasteiger partial charge < -0.3 is 20.3 Å². The van der Waals surface area contributed by atoms with Crippen molar-refractivity contribution < 1.29 is 28.6 Å². The van der Waals surface area contributed by atoms with Gasteiger partial charge in [0, 0.05) is 0 Å². The molecule has 0 rings (SSSR count). The number of ether oxygens (including phenoxy) is 2. The maximum Gasteiger partial charge on any atom is 0.462 e. The number of hydrogen-bond donors (Lipinski definition) is 1. The molecule has 8 nitrogen and oxygen atoms in total. The van der Waals surface area contributed by atoms with Gasteiger partial charge >= 0.3 is 23.6 Å². The summed E-state index contributed by atoms with van der Waals surface area (Å²) in [5.74, 6) is -2.98. The minimum Gasteiger partial charge on any atom is -0.467 e. The van der Waals surface area contributed by atoms with E-state index in [0.717, 1.165) is 7.11 Å². The van der Waals surface area contributed by atoms with E-state index in [2.05, 4.69) is 19.6 Å². The van der Waals surface area contributed by atoms with Gasteiger partial charge in [-0.2, -0.15) is 4.79 Å². The molecule has 0 aliphatic carbocycles. The average Bonchev–Trinajstić information content (AvgIpc) is 2.43. The van der Waals surface area contributed by atoms with E-state index < -0.39 is 29.6 Å². The molecular formula is C11H17N3O5. The Hall–Kier alpha value is -2.21. The third-order valence-electron chi connectivity index (χ3n) is 2.65. The molecule has 0 saturated carbocycles. The number of esters is 2. The summed E-state index contributed by atoms with van der Waals surface area (Å²) in [6.07, 6.45) is 0.601. The van der Waals surface area contributed by atoms with E-state index in [9.17, 15) is 14.4 Å². The highest BCUT2D eigenvalue weighted by atomic mass is 16.5. The van der Waals surface area contributed by atoms with Crippen LogP contribution in [0.5, 0.6) is 0 Å². The van der Waals surface area contributed by atoms with Crippen LogP contribution in [0.1, 0.15) is 20.3 Å². The first-order valence-corrected chi connectivity index (χ1v) is 5.61. The highest BCUT2D eigenvalue weighted by Crippen LogP contribution is 2.09. The Balaban J connectivity index is 5.05. The molecule has 0 fully saturated rings. The fourth-order valence-electron chi connectivity index (χ4n) is 1.28. The van der Waals surface area contributed by atoms with Gasteiger partial charge in [-0.15, -0.1) is 0 Å². The van der Waals surface area contributed by atoms with Crippen LogP contribution < -0.4 is 5.32 Å². The van der Waals surface area contributed by atoms with Crippen molar-refractivity contribution in [2.24, 2.45) is 5.92 Å². The van der Waals surface area contributed by atoms with Gasteiger partial charge in [0.15, 0.2) is 0 Å². The van der Waals surface area contributed by atoms with Crippen molar-refractivity contribution in [3.8, 4) is 0 Å². The molecule has 106 valence electrons. The van der Waals surface area contributed by atoms with E-state index in [1.807, 2.05) is 6.92 Å². The second-order valence-corrected chi connectivity index (χ2v) is 3.80. The first-order valence-electron chi connectivity index (χ1n) is 5.61. The first kappa shape index (κ1) is 16.8. The predicted molar refractivity (Wildman–Crippen MR) is 64.0 cm³/mol. The Morgan fingerprint density at radius 2 is 1.84 bits per heavy atom. The Kier molecular flexibility index (Phi) is 7.06. The number of nitrogens with zero attached hydrogens (tertiary/aromatic N) is 2. The third kappa shape index (κ3) is 4.51. The van der Waals surface area contributed by atoms with Crippen LogP contribution in [0.4, 0.5) is 0 Å². The minimum atomic E-state index is -1.10. The number of methoxy groups -OCH3 is 2. The van der Waals surface area contributed by atoms with Crippen molar-refractivity contribution in [1.29, 1.82) is 0 Å². The number of rotatable bonds is 6. The molecule has 0 aliphatic rings. The van der Waals surface area contributed by atoms with Crippen LogP contribution in [0.2, 0.25) is 0 Å². The normalized spacial score (nSPS) is 12.6. The summed E-state index contributed by atoms with van der Waals surface area (Å²) in [5.41, 5.74) is 7.78. The Bertz CT molecular complexity index is 415. The molecule has 1 unspecified atom stereocenters. The van der Waals surface area contributed by atoms with Gasteiger partial charge in [0.25, 0.3) is 0 Å². The summed E-state index contributed by atoms with van der Waals surface area (Å²) in [7, 11) is 2.22. The van der Waals surface area contributed by atoms with Crippen LogP contribution in [-0.4, -0.2) is 48.6 Å². The Morgan fingerprint density at radius 1 is 1.26 bits per heavy atom. The third-order valence-corrected chi connectivity index (χ3v) is 2.65. The summed E-state index contributed by atoms with van der Waals surface area (Å²) >= 11 is 0. The molecule has 0 aromatic carbocycles. The summed E-state index contributed by atoms with van der Waals surface area (Å²) in [6.45, 7) is 3.56. The van der Waals surface area contributed by atoms with Crippen molar-refractivity contribution in [3.63, 3.8) is 0 Å². The van der Waals surface area contributed by atoms with Crippen LogP contribution >= 0.6 is 0 Å². The van der Waals surface area contributed by atoms with E-state index in [4.69, 9.17) is 5.53 Å². The largest absolute Gasteiger partial charge is 0.467 e. The second-order valence-electron chi connectivity index (χ2n) is 3.80. The number of hydrogen-bond acceptors (Lipinski definition) is 5. The predicted octanol–water partition coefficient (Wildman–Crippen LogP) is -0.466. The van der Waals surface area contributed by atoms with Crippen molar-refractivity contribution in [3.05, 3.63) is 5.53 Å². The maximum atomic E-state index is 11.7. The molecule has 0 aromatic rings. The summed E-state index contributed by atoms with van der Waals surface area (Å²) in [4.78, 5) is 37.0. The standard InChI is InChI=1S/C11H17N3O5/c1-5-6(2)7(10(16)18-3)13-9(15)8(14-12)11(17)19-4/h6-7H,5H2,1-4H3,(H,13,15)/t6?,7-/m0/s1. The molecule has 19 heavy (non-hydrogen) atoms. The molecule has 0 heterocycles. The lowest BCUT2D eigenvalue weighted by Gasteiger charge is -2.20. The molecule has 2 atom stereocenters. The molecule has 0 spiro atoms. The summed E-state index contributed by atoms with van der Waals surface area (Å²) in [5, 5.41) is 2.28. The first-order chi connectivity index (χ1) is 8.92. The van der Waals surface area contributed by atoms with Crippen LogP contribution in [0.3, 0.4) is 0 Å². The van der Waals surface area contributed by atoms with E-state index in [-0.39, 0.29) is 5.92 Å². The monoisotopic (exact) mass is 271 g/mol. The highest BCUT2D eigenvalue weighted by Gasteiger charge is 2.35. The molecule has 0 radical (unpaired) electrons. The molecule has 1 amide bonds. The van der Waals surface area contributed by atoms with Crippen molar-refractivity contribution >= 4 is 23.6 Å². The lowest BCUT2D eigenvalue weighted by atomic mass is 9.99. The fourth-order valence-corrected chi connectivity index (χ4v) is 1.28. The number of carbonyl (C=O) groups is 3. The van der Waals surface area contributed by atoms with E-state index in [0.29, 0.717) is 6.42 Å². The van der Waals surface area contributed by atoms with Crippen LogP contribution in [0.15, 0.2) is 0 Å².